The first-order valence-electron chi connectivity index (χ1n) is 8.53. The van der Waals surface area contributed by atoms with E-state index in [4.69, 9.17) is 4.74 Å². The van der Waals surface area contributed by atoms with Crippen LogP contribution in [0.3, 0.4) is 0 Å². The van der Waals surface area contributed by atoms with Crippen LogP contribution in [0.2, 0.25) is 0 Å². The minimum absolute atomic E-state index is 0.144. The van der Waals surface area contributed by atoms with Gasteiger partial charge in [0.2, 0.25) is 0 Å². The third-order valence-corrected chi connectivity index (χ3v) is 5.97. The molecule has 3 rings (SSSR count). The Hall–Kier alpha value is -0.650. The molecule has 122 valence electrons. The highest BCUT2D eigenvalue weighted by atomic mass is 32.2. The zero-order chi connectivity index (χ0) is 15.4. The molecule has 0 bridgehead atoms. The first kappa shape index (κ1) is 16.2. The zero-order valence-electron chi connectivity index (χ0n) is 13.8. The Bertz CT molecular complexity index is 473. The average Bonchev–Trinajstić information content (AvgIpc) is 2.97. The predicted octanol–water partition coefficient (Wildman–Crippen LogP) is 3.51. The highest BCUT2D eigenvalue weighted by Gasteiger charge is 2.39. The number of nitrogens with zero attached hydrogens (tertiary/aromatic N) is 3. The topological polar surface area (TPSA) is 38.2 Å². The molecule has 1 saturated carbocycles. The lowest BCUT2D eigenvalue weighted by Gasteiger charge is -2.40. The Kier molecular flexibility index (Phi) is 5.37. The lowest BCUT2D eigenvalue weighted by molar-refractivity contribution is -0.107. The van der Waals surface area contributed by atoms with E-state index in [1.807, 2.05) is 12.4 Å². The van der Waals surface area contributed by atoms with Crippen molar-refractivity contribution < 1.29 is 4.74 Å². The summed E-state index contributed by atoms with van der Waals surface area (Å²) in [5.41, 5.74) is 1.36. The number of rotatable bonds is 5. The van der Waals surface area contributed by atoms with Gasteiger partial charge in [-0.05, 0) is 19.3 Å². The van der Waals surface area contributed by atoms with E-state index in [0.29, 0.717) is 5.25 Å². The summed E-state index contributed by atoms with van der Waals surface area (Å²) in [5, 5.41) is 1.47. The monoisotopic (exact) mass is 321 g/mol. The van der Waals surface area contributed by atoms with Crippen LogP contribution < -0.4 is 0 Å². The molecule has 1 aliphatic carbocycles. The fourth-order valence-corrected chi connectivity index (χ4v) is 4.14. The number of hydrogen-bond donors (Lipinski definition) is 0. The third-order valence-electron chi connectivity index (χ3n) is 4.81. The normalized spacial score (nSPS) is 23.0. The summed E-state index contributed by atoms with van der Waals surface area (Å²) in [5.74, 6) is 0. The molecular weight excluding hydrogens is 294 g/mol. The van der Waals surface area contributed by atoms with Crippen LogP contribution in [-0.2, 0) is 11.3 Å². The van der Waals surface area contributed by atoms with Gasteiger partial charge in [-0.25, -0.2) is 9.97 Å². The zero-order valence-corrected chi connectivity index (χ0v) is 14.6. The second kappa shape index (κ2) is 7.28. The van der Waals surface area contributed by atoms with Crippen molar-refractivity contribution in [2.75, 3.05) is 19.7 Å². The van der Waals surface area contributed by atoms with Crippen LogP contribution in [0.25, 0.3) is 0 Å². The van der Waals surface area contributed by atoms with E-state index in [-0.39, 0.29) is 5.60 Å². The Labute approximate surface area is 138 Å². The third kappa shape index (κ3) is 4.00. The summed E-state index contributed by atoms with van der Waals surface area (Å²) in [6.07, 6.45) is 10.2. The Balaban J connectivity index is 1.56. The molecule has 1 saturated heterocycles. The van der Waals surface area contributed by atoms with Crippen molar-refractivity contribution in [3.63, 3.8) is 0 Å². The maximum Gasteiger partial charge on any atom is 0.187 e. The SMILES string of the molecule is CC[C@H](C)Sc1ncc(CN2CCOC3(CCCC3)C2)cn1. The fourth-order valence-electron chi connectivity index (χ4n) is 3.39. The minimum atomic E-state index is 0.144. The molecule has 1 spiro atoms. The van der Waals surface area contributed by atoms with E-state index in [2.05, 4.69) is 28.7 Å². The predicted molar refractivity (Wildman–Crippen MR) is 90.1 cm³/mol. The van der Waals surface area contributed by atoms with Gasteiger partial charge < -0.3 is 4.74 Å². The quantitative estimate of drug-likeness (QED) is 0.613. The standard InChI is InChI=1S/C17H27N3OS/c1-3-14(2)22-16-18-10-15(11-19-16)12-20-8-9-21-17(13-20)6-4-5-7-17/h10-11,14H,3-9,12-13H2,1-2H3/t14-/m0/s1. The van der Waals surface area contributed by atoms with Crippen LogP contribution in [0.4, 0.5) is 0 Å². The van der Waals surface area contributed by atoms with E-state index in [0.717, 1.165) is 37.8 Å². The van der Waals surface area contributed by atoms with Gasteiger partial charge in [0.1, 0.15) is 0 Å². The van der Waals surface area contributed by atoms with Crippen molar-refractivity contribution in [1.29, 1.82) is 0 Å². The maximum absolute atomic E-state index is 6.09. The van der Waals surface area contributed by atoms with Gasteiger partial charge in [0.25, 0.3) is 0 Å². The lowest BCUT2D eigenvalue weighted by Crippen LogP contribution is -2.49. The summed E-state index contributed by atoms with van der Waals surface area (Å²) >= 11 is 1.76. The van der Waals surface area contributed by atoms with Crippen LogP contribution >= 0.6 is 11.8 Å². The summed E-state index contributed by atoms with van der Waals surface area (Å²) in [7, 11) is 0. The Morgan fingerprint density at radius 1 is 1.32 bits per heavy atom. The molecule has 1 aromatic heterocycles. The van der Waals surface area contributed by atoms with E-state index in [9.17, 15) is 0 Å². The minimum Gasteiger partial charge on any atom is -0.372 e. The van der Waals surface area contributed by atoms with Gasteiger partial charge in [0.05, 0.1) is 12.2 Å². The van der Waals surface area contributed by atoms with Gasteiger partial charge in [-0.15, -0.1) is 0 Å². The Morgan fingerprint density at radius 2 is 2.05 bits per heavy atom. The largest absolute Gasteiger partial charge is 0.372 e. The molecule has 4 nitrogen and oxygen atoms in total. The van der Waals surface area contributed by atoms with Gasteiger partial charge in [-0.3, -0.25) is 4.90 Å². The molecule has 0 amide bonds. The second-order valence-corrected chi connectivity index (χ2v) is 8.07. The van der Waals surface area contributed by atoms with Crippen molar-refractivity contribution in [2.45, 2.75) is 68.5 Å². The van der Waals surface area contributed by atoms with Crippen LogP contribution in [0, 0.1) is 0 Å². The lowest BCUT2D eigenvalue weighted by atomic mass is 9.99. The van der Waals surface area contributed by atoms with Gasteiger partial charge in [-0.1, -0.05) is 38.5 Å². The summed E-state index contributed by atoms with van der Waals surface area (Å²) < 4.78 is 6.09. The van der Waals surface area contributed by atoms with E-state index < -0.39 is 0 Å². The molecule has 2 heterocycles. The molecule has 22 heavy (non-hydrogen) atoms. The number of hydrogen-bond acceptors (Lipinski definition) is 5. The van der Waals surface area contributed by atoms with Crippen molar-refractivity contribution in [3.05, 3.63) is 18.0 Å². The summed E-state index contributed by atoms with van der Waals surface area (Å²) in [4.78, 5) is 11.5. The highest BCUT2D eigenvalue weighted by molar-refractivity contribution is 7.99. The molecule has 2 aliphatic rings. The first-order chi connectivity index (χ1) is 10.7. The smallest absolute Gasteiger partial charge is 0.187 e. The van der Waals surface area contributed by atoms with Crippen molar-refractivity contribution in [3.8, 4) is 0 Å². The summed E-state index contributed by atoms with van der Waals surface area (Å²) in [6.45, 7) is 8.31. The van der Waals surface area contributed by atoms with Crippen molar-refractivity contribution in [2.24, 2.45) is 0 Å². The molecule has 0 N–H and O–H groups in total. The number of thioether (sulfide) groups is 1. The molecule has 0 unspecified atom stereocenters. The van der Waals surface area contributed by atoms with Gasteiger partial charge in [-0.2, -0.15) is 0 Å². The summed E-state index contributed by atoms with van der Waals surface area (Å²) in [6, 6.07) is 0. The first-order valence-corrected chi connectivity index (χ1v) is 9.41. The molecule has 1 aromatic rings. The molecule has 2 fully saturated rings. The highest BCUT2D eigenvalue weighted by Crippen LogP contribution is 2.36. The number of morpholine rings is 1. The van der Waals surface area contributed by atoms with Crippen LogP contribution in [0.15, 0.2) is 17.6 Å². The number of aromatic nitrogens is 2. The number of ether oxygens (including phenoxy) is 1. The van der Waals surface area contributed by atoms with Crippen LogP contribution in [0.1, 0.15) is 51.5 Å². The molecule has 5 heteroatoms. The molecular formula is C17H27N3OS. The van der Waals surface area contributed by atoms with E-state index in [1.165, 1.54) is 31.2 Å². The van der Waals surface area contributed by atoms with Crippen molar-refractivity contribution >= 4 is 11.8 Å². The van der Waals surface area contributed by atoms with Gasteiger partial charge in [0.15, 0.2) is 5.16 Å². The molecule has 1 aliphatic heterocycles. The van der Waals surface area contributed by atoms with E-state index >= 15 is 0 Å². The van der Waals surface area contributed by atoms with Crippen LogP contribution in [-0.4, -0.2) is 45.4 Å². The van der Waals surface area contributed by atoms with E-state index in [1.54, 1.807) is 11.8 Å². The average molecular weight is 321 g/mol. The molecule has 1 atom stereocenters. The van der Waals surface area contributed by atoms with Crippen LogP contribution in [0.5, 0.6) is 0 Å². The van der Waals surface area contributed by atoms with Crippen molar-refractivity contribution in [1.82, 2.24) is 14.9 Å². The second-order valence-electron chi connectivity index (χ2n) is 6.66. The Morgan fingerprint density at radius 3 is 2.73 bits per heavy atom. The van der Waals surface area contributed by atoms with Gasteiger partial charge >= 0.3 is 0 Å². The molecule has 0 radical (unpaired) electrons. The van der Waals surface area contributed by atoms with Gasteiger partial charge in [0, 0.05) is 42.8 Å². The molecule has 0 aromatic carbocycles. The maximum atomic E-state index is 6.09. The fraction of sp³-hybridized carbons (Fsp3) is 0.765.